The molecule has 2 aliphatic rings. The van der Waals surface area contributed by atoms with Gasteiger partial charge in [0.2, 0.25) is 0 Å². The monoisotopic (exact) mass is 302 g/mol. The molecular formula is C18H26N2O2. The highest BCUT2D eigenvalue weighted by Crippen LogP contribution is 2.39. The van der Waals surface area contributed by atoms with Crippen LogP contribution < -0.4 is 10.5 Å². The molecule has 22 heavy (non-hydrogen) atoms. The SMILES string of the molecule is COc1ccc(CCN2C3CCC2(N)CC(=O)C3)c(C)c1C. The summed E-state index contributed by atoms with van der Waals surface area (Å²) in [4.78, 5) is 14.2. The number of carbonyl (C=O) groups is 1. The number of hydrogen-bond donors (Lipinski definition) is 1. The summed E-state index contributed by atoms with van der Waals surface area (Å²) in [7, 11) is 1.71. The molecule has 4 nitrogen and oxygen atoms in total. The van der Waals surface area contributed by atoms with Gasteiger partial charge in [0.1, 0.15) is 11.5 Å². The molecule has 2 heterocycles. The summed E-state index contributed by atoms with van der Waals surface area (Å²) < 4.78 is 5.38. The summed E-state index contributed by atoms with van der Waals surface area (Å²) in [5, 5.41) is 0. The van der Waals surface area contributed by atoms with Crippen LogP contribution >= 0.6 is 0 Å². The molecule has 2 unspecified atom stereocenters. The fraction of sp³-hybridized carbons (Fsp3) is 0.611. The number of ether oxygens (including phenoxy) is 1. The van der Waals surface area contributed by atoms with Crippen LogP contribution in [0.5, 0.6) is 5.75 Å². The highest BCUT2D eigenvalue weighted by Gasteiger charge is 2.48. The Morgan fingerprint density at radius 3 is 2.82 bits per heavy atom. The normalized spacial score (nSPS) is 28.2. The molecule has 0 radical (unpaired) electrons. The van der Waals surface area contributed by atoms with Crippen LogP contribution in [-0.2, 0) is 11.2 Å². The Kier molecular flexibility index (Phi) is 4.00. The molecule has 0 amide bonds. The van der Waals surface area contributed by atoms with Crippen molar-refractivity contribution in [2.75, 3.05) is 13.7 Å². The van der Waals surface area contributed by atoms with E-state index in [2.05, 4.69) is 24.8 Å². The summed E-state index contributed by atoms with van der Waals surface area (Å²) in [5.41, 5.74) is 9.95. The van der Waals surface area contributed by atoms with Crippen LogP contribution in [0, 0.1) is 13.8 Å². The predicted molar refractivity (Wildman–Crippen MR) is 87.1 cm³/mol. The maximum Gasteiger partial charge on any atom is 0.137 e. The van der Waals surface area contributed by atoms with E-state index in [4.69, 9.17) is 10.5 Å². The number of nitrogens with two attached hydrogens (primary N) is 1. The molecule has 4 heteroatoms. The number of piperidine rings is 1. The van der Waals surface area contributed by atoms with E-state index in [0.717, 1.165) is 31.6 Å². The van der Waals surface area contributed by atoms with Crippen LogP contribution in [-0.4, -0.2) is 36.0 Å². The lowest BCUT2D eigenvalue weighted by molar-refractivity contribution is -0.126. The van der Waals surface area contributed by atoms with Crippen LogP contribution in [0.1, 0.15) is 42.4 Å². The van der Waals surface area contributed by atoms with Crippen LogP contribution in [0.25, 0.3) is 0 Å². The van der Waals surface area contributed by atoms with Crippen molar-refractivity contribution >= 4 is 5.78 Å². The number of hydrogen-bond acceptors (Lipinski definition) is 4. The van der Waals surface area contributed by atoms with Crippen molar-refractivity contribution in [3.8, 4) is 5.75 Å². The standard InChI is InChI=1S/C18H26N2O2/c1-12-13(2)17(22-3)5-4-14(12)7-9-20-15-6-8-18(20,19)11-16(21)10-15/h4-5,15H,6-11,19H2,1-3H3. The van der Waals surface area contributed by atoms with E-state index >= 15 is 0 Å². The fourth-order valence-electron chi connectivity index (χ4n) is 4.15. The number of Topliss-reactive ketones (excluding diaryl/α,β-unsaturated/α-hetero) is 1. The van der Waals surface area contributed by atoms with Gasteiger partial charge in [0.25, 0.3) is 0 Å². The number of carbonyl (C=O) groups excluding carboxylic acids is 1. The Morgan fingerprint density at radius 2 is 2.14 bits per heavy atom. The van der Waals surface area contributed by atoms with Gasteiger partial charge < -0.3 is 10.5 Å². The number of ketones is 1. The summed E-state index contributed by atoms with van der Waals surface area (Å²) in [6.07, 6.45) is 4.18. The van der Waals surface area contributed by atoms with Crippen molar-refractivity contribution in [3.05, 3.63) is 28.8 Å². The average molecular weight is 302 g/mol. The first-order valence-electron chi connectivity index (χ1n) is 8.15. The molecule has 2 N–H and O–H groups in total. The third-order valence-electron chi connectivity index (χ3n) is 5.58. The van der Waals surface area contributed by atoms with Crippen molar-refractivity contribution in [2.24, 2.45) is 5.73 Å². The molecule has 120 valence electrons. The average Bonchev–Trinajstić information content (AvgIpc) is 2.67. The molecule has 2 saturated heterocycles. The molecule has 0 aromatic heterocycles. The number of methoxy groups -OCH3 is 1. The lowest BCUT2D eigenvalue weighted by Crippen LogP contribution is -2.59. The van der Waals surface area contributed by atoms with Crippen molar-refractivity contribution in [1.29, 1.82) is 0 Å². The van der Waals surface area contributed by atoms with Gasteiger partial charge in [-0.15, -0.1) is 0 Å². The van der Waals surface area contributed by atoms with E-state index in [1.54, 1.807) is 7.11 Å². The lowest BCUT2D eigenvalue weighted by Gasteiger charge is -2.41. The smallest absolute Gasteiger partial charge is 0.137 e. The molecule has 1 aromatic rings. The van der Waals surface area contributed by atoms with E-state index in [1.807, 2.05) is 6.07 Å². The van der Waals surface area contributed by atoms with E-state index < -0.39 is 5.66 Å². The molecule has 2 atom stereocenters. The zero-order valence-electron chi connectivity index (χ0n) is 13.8. The number of nitrogens with zero attached hydrogens (tertiary/aromatic N) is 1. The first-order valence-corrected chi connectivity index (χ1v) is 8.15. The van der Waals surface area contributed by atoms with E-state index in [9.17, 15) is 4.79 Å². The van der Waals surface area contributed by atoms with Gasteiger partial charge in [-0.25, -0.2) is 0 Å². The topological polar surface area (TPSA) is 55.6 Å². The Balaban J connectivity index is 1.74. The zero-order valence-corrected chi connectivity index (χ0v) is 13.8. The highest BCUT2D eigenvalue weighted by molar-refractivity contribution is 5.81. The van der Waals surface area contributed by atoms with Crippen LogP contribution in [0.3, 0.4) is 0 Å². The number of fused-ring (bicyclic) bond motifs is 2. The van der Waals surface area contributed by atoms with Gasteiger partial charge in [0.05, 0.1) is 12.8 Å². The van der Waals surface area contributed by atoms with E-state index in [-0.39, 0.29) is 0 Å². The molecule has 2 bridgehead atoms. The maximum atomic E-state index is 11.8. The number of benzene rings is 1. The van der Waals surface area contributed by atoms with Gasteiger partial charge in [-0.1, -0.05) is 6.07 Å². The predicted octanol–water partition coefficient (Wildman–Crippen LogP) is 2.34. The van der Waals surface area contributed by atoms with Crippen LogP contribution in [0.15, 0.2) is 12.1 Å². The second kappa shape index (κ2) is 5.67. The molecular weight excluding hydrogens is 276 g/mol. The van der Waals surface area contributed by atoms with E-state index in [0.29, 0.717) is 24.7 Å². The third kappa shape index (κ3) is 2.55. The van der Waals surface area contributed by atoms with Gasteiger partial charge >= 0.3 is 0 Å². The second-order valence-electron chi connectivity index (χ2n) is 6.84. The second-order valence-corrected chi connectivity index (χ2v) is 6.84. The first kappa shape index (κ1) is 15.5. The van der Waals surface area contributed by atoms with Crippen molar-refractivity contribution in [1.82, 2.24) is 4.90 Å². The Labute approximate surface area is 132 Å². The molecule has 0 spiro atoms. The minimum absolute atomic E-state index is 0.331. The minimum Gasteiger partial charge on any atom is -0.496 e. The molecule has 2 aliphatic heterocycles. The quantitative estimate of drug-likeness (QED) is 0.927. The summed E-state index contributed by atoms with van der Waals surface area (Å²) in [6, 6.07) is 4.55. The third-order valence-corrected chi connectivity index (χ3v) is 5.58. The molecule has 1 aromatic carbocycles. The molecule has 2 fully saturated rings. The number of rotatable bonds is 4. The largest absolute Gasteiger partial charge is 0.496 e. The summed E-state index contributed by atoms with van der Waals surface area (Å²) in [6.45, 7) is 5.19. The van der Waals surface area contributed by atoms with Crippen LogP contribution in [0.2, 0.25) is 0 Å². The summed E-state index contributed by atoms with van der Waals surface area (Å²) in [5.74, 6) is 1.28. The van der Waals surface area contributed by atoms with Gasteiger partial charge in [0, 0.05) is 25.4 Å². The molecule has 3 rings (SSSR count). The lowest BCUT2D eigenvalue weighted by atomic mass is 9.94. The van der Waals surface area contributed by atoms with Gasteiger partial charge in [0.15, 0.2) is 0 Å². The zero-order chi connectivity index (χ0) is 15.9. The highest BCUT2D eigenvalue weighted by atomic mass is 16.5. The molecule has 0 aliphatic carbocycles. The minimum atomic E-state index is -0.393. The van der Waals surface area contributed by atoms with Crippen LogP contribution in [0.4, 0.5) is 0 Å². The fourth-order valence-corrected chi connectivity index (χ4v) is 4.15. The Bertz CT molecular complexity index is 599. The van der Waals surface area contributed by atoms with Gasteiger partial charge in [-0.3, -0.25) is 9.69 Å². The van der Waals surface area contributed by atoms with Gasteiger partial charge in [-0.2, -0.15) is 0 Å². The van der Waals surface area contributed by atoms with Crippen molar-refractivity contribution in [3.63, 3.8) is 0 Å². The summed E-state index contributed by atoms with van der Waals surface area (Å²) >= 11 is 0. The first-order chi connectivity index (χ1) is 10.4. The van der Waals surface area contributed by atoms with Gasteiger partial charge in [-0.05, 0) is 55.9 Å². The molecule has 0 saturated carbocycles. The van der Waals surface area contributed by atoms with Crippen molar-refractivity contribution < 1.29 is 9.53 Å². The Morgan fingerprint density at radius 1 is 1.36 bits per heavy atom. The van der Waals surface area contributed by atoms with E-state index in [1.165, 1.54) is 16.7 Å². The van der Waals surface area contributed by atoms with Crippen molar-refractivity contribution in [2.45, 2.75) is 57.7 Å². The Hall–Kier alpha value is -1.39. The maximum absolute atomic E-state index is 11.8.